The molecule has 0 aliphatic heterocycles. The van der Waals surface area contributed by atoms with E-state index in [0.717, 1.165) is 24.3 Å². The van der Waals surface area contributed by atoms with Crippen molar-refractivity contribution < 1.29 is 4.74 Å². The lowest BCUT2D eigenvalue weighted by atomic mass is 10.1. The normalized spacial score (nSPS) is 11.5. The van der Waals surface area contributed by atoms with Crippen LogP contribution in [0, 0.1) is 0 Å². The Morgan fingerprint density at radius 1 is 1.53 bits per heavy atom. The fraction of sp³-hybridized carbons (Fsp3) is 0.417. The van der Waals surface area contributed by atoms with Crippen LogP contribution in [0.1, 0.15) is 18.9 Å². The molecule has 82 valence electrons. The van der Waals surface area contributed by atoms with Gasteiger partial charge >= 0.3 is 0 Å². The van der Waals surface area contributed by atoms with Gasteiger partial charge in [0.05, 0.1) is 13.3 Å². The molecule has 0 atom stereocenters. The van der Waals surface area contributed by atoms with Crippen LogP contribution in [0.25, 0.3) is 5.57 Å². The second-order valence-electron chi connectivity index (χ2n) is 3.39. The van der Waals surface area contributed by atoms with Crippen LogP contribution in [-0.4, -0.2) is 25.7 Å². The molecular formula is C12H18N2O. The SMILES string of the molecule is CNCC/C=C(/C)c1cncc(OC)c1. The van der Waals surface area contributed by atoms with Gasteiger partial charge in [-0.25, -0.2) is 0 Å². The van der Waals surface area contributed by atoms with E-state index < -0.39 is 0 Å². The van der Waals surface area contributed by atoms with E-state index in [1.165, 1.54) is 5.57 Å². The molecule has 0 saturated heterocycles. The van der Waals surface area contributed by atoms with Gasteiger partial charge in [-0.15, -0.1) is 0 Å². The van der Waals surface area contributed by atoms with Crippen LogP contribution in [0.2, 0.25) is 0 Å². The second-order valence-corrected chi connectivity index (χ2v) is 3.39. The van der Waals surface area contributed by atoms with E-state index in [1.807, 2.05) is 19.3 Å². The minimum atomic E-state index is 0.800. The third-order valence-electron chi connectivity index (χ3n) is 2.25. The Balaban J connectivity index is 2.72. The van der Waals surface area contributed by atoms with E-state index in [4.69, 9.17) is 4.74 Å². The highest BCUT2D eigenvalue weighted by Gasteiger charge is 1.98. The van der Waals surface area contributed by atoms with Gasteiger partial charge in [-0.3, -0.25) is 4.98 Å². The first kappa shape index (κ1) is 11.7. The molecule has 0 fully saturated rings. The van der Waals surface area contributed by atoms with E-state index >= 15 is 0 Å². The van der Waals surface area contributed by atoms with Crippen LogP contribution in [-0.2, 0) is 0 Å². The summed E-state index contributed by atoms with van der Waals surface area (Å²) < 4.78 is 5.13. The van der Waals surface area contributed by atoms with Gasteiger partial charge in [0.2, 0.25) is 0 Å². The quantitative estimate of drug-likeness (QED) is 0.749. The minimum absolute atomic E-state index is 0.800. The average Bonchev–Trinajstić information content (AvgIpc) is 2.29. The lowest BCUT2D eigenvalue weighted by Gasteiger charge is -2.04. The maximum Gasteiger partial charge on any atom is 0.137 e. The smallest absolute Gasteiger partial charge is 0.137 e. The Kier molecular flexibility index (Phi) is 4.84. The molecule has 15 heavy (non-hydrogen) atoms. The van der Waals surface area contributed by atoms with Crippen molar-refractivity contribution in [3.63, 3.8) is 0 Å². The summed E-state index contributed by atoms with van der Waals surface area (Å²) in [5.74, 6) is 0.800. The zero-order valence-electron chi connectivity index (χ0n) is 9.58. The third-order valence-corrected chi connectivity index (χ3v) is 2.25. The van der Waals surface area contributed by atoms with Gasteiger partial charge in [0.25, 0.3) is 0 Å². The molecule has 0 bridgehead atoms. The van der Waals surface area contributed by atoms with E-state index in [0.29, 0.717) is 0 Å². The highest BCUT2D eigenvalue weighted by molar-refractivity contribution is 5.63. The maximum absolute atomic E-state index is 5.13. The van der Waals surface area contributed by atoms with Crippen molar-refractivity contribution in [3.05, 3.63) is 30.1 Å². The van der Waals surface area contributed by atoms with Crippen LogP contribution >= 0.6 is 0 Å². The summed E-state index contributed by atoms with van der Waals surface area (Å²) in [5, 5.41) is 3.11. The number of rotatable bonds is 5. The molecule has 0 aliphatic rings. The van der Waals surface area contributed by atoms with E-state index in [2.05, 4.69) is 23.3 Å². The van der Waals surface area contributed by atoms with E-state index in [1.54, 1.807) is 13.3 Å². The number of methoxy groups -OCH3 is 1. The van der Waals surface area contributed by atoms with Gasteiger partial charge < -0.3 is 10.1 Å². The molecule has 0 aromatic carbocycles. The van der Waals surface area contributed by atoms with Crippen LogP contribution < -0.4 is 10.1 Å². The molecule has 0 amide bonds. The first-order valence-corrected chi connectivity index (χ1v) is 5.08. The number of ether oxygens (including phenoxy) is 1. The van der Waals surface area contributed by atoms with Gasteiger partial charge in [-0.1, -0.05) is 6.08 Å². The fourth-order valence-corrected chi connectivity index (χ4v) is 1.30. The Morgan fingerprint density at radius 3 is 3.00 bits per heavy atom. The molecule has 0 spiro atoms. The predicted octanol–water partition coefficient (Wildman–Crippen LogP) is 2.10. The molecule has 1 aromatic rings. The Morgan fingerprint density at radius 2 is 2.33 bits per heavy atom. The second kappa shape index (κ2) is 6.19. The van der Waals surface area contributed by atoms with Crippen molar-refractivity contribution in [2.75, 3.05) is 20.7 Å². The summed E-state index contributed by atoms with van der Waals surface area (Å²) in [4.78, 5) is 4.12. The lowest BCUT2D eigenvalue weighted by Crippen LogP contribution is -2.05. The maximum atomic E-state index is 5.13. The number of hydrogen-bond acceptors (Lipinski definition) is 3. The summed E-state index contributed by atoms with van der Waals surface area (Å²) in [6.07, 6.45) is 6.80. The fourth-order valence-electron chi connectivity index (χ4n) is 1.30. The number of nitrogens with one attached hydrogen (secondary N) is 1. The highest BCUT2D eigenvalue weighted by Crippen LogP contribution is 2.18. The van der Waals surface area contributed by atoms with Crippen molar-refractivity contribution >= 4 is 5.57 Å². The number of nitrogens with zero attached hydrogens (tertiary/aromatic N) is 1. The zero-order chi connectivity index (χ0) is 11.1. The predicted molar refractivity (Wildman–Crippen MR) is 63.0 cm³/mol. The molecule has 0 saturated carbocycles. The number of aromatic nitrogens is 1. The Labute approximate surface area is 91.2 Å². The number of allylic oxidation sites excluding steroid dienone is 1. The molecule has 3 nitrogen and oxygen atoms in total. The largest absolute Gasteiger partial charge is 0.495 e. The Hall–Kier alpha value is -1.35. The van der Waals surface area contributed by atoms with Gasteiger partial charge in [0, 0.05) is 6.20 Å². The molecule has 0 aliphatic carbocycles. The van der Waals surface area contributed by atoms with E-state index in [-0.39, 0.29) is 0 Å². The highest BCUT2D eigenvalue weighted by atomic mass is 16.5. The summed E-state index contributed by atoms with van der Waals surface area (Å²) in [6.45, 7) is 3.08. The molecule has 1 aromatic heterocycles. The van der Waals surface area contributed by atoms with Crippen molar-refractivity contribution in [1.29, 1.82) is 0 Å². The van der Waals surface area contributed by atoms with Crippen LogP contribution in [0.3, 0.4) is 0 Å². The van der Waals surface area contributed by atoms with Crippen molar-refractivity contribution in [2.24, 2.45) is 0 Å². The number of hydrogen-bond donors (Lipinski definition) is 1. The first-order chi connectivity index (χ1) is 7.27. The van der Waals surface area contributed by atoms with Gasteiger partial charge in [-0.2, -0.15) is 0 Å². The average molecular weight is 206 g/mol. The minimum Gasteiger partial charge on any atom is -0.495 e. The molecule has 1 heterocycles. The summed E-state index contributed by atoms with van der Waals surface area (Å²) >= 11 is 0. The van der Waals surface area contributed by atoms with E-state index in [9.17, 15) is 0 Å². The summed E-state index contributed by atoms with van der Waals surface area (Å²) in [5.41, 5.74) is 2.35. The number of pyridine rings is 1. The van der Waals surface area contributed by atoms with Crippen LogP contribution in [0.4, 0.5) is 0 Å². The molecule has 1 rings (SSSR count). The van der Waals surface area contributed by atoms with Crippen molar-refractivity contribution in [1.82, 2.24) is 10.3 Å². The zero-order valence-corrected chi connectivity index (χ0v) is 9.58. The summed E-state index contributed by atoms with van der Waals surface area (Å²) in [6, 6.07) is 2.00. The van der Waals surface area contributed by atoms with Crippen molar-refractivity contribution in [3.8, 4) is 5.75 Å². The molecule has 1 N–H and O–H groups in total. The van der Waals surface area contributed by atoms with Crippen molar-refractivity contribution in [2.45, 2.75) is 13.3 Å². The van der Waals surface area contributed by atoms with Gasteiger partial charge in [-0.05, 0) is 44.1 Å². The monoisotopic (exact) mass is 206 g/mol. The van der Waals surface area contributed by atoms with Crippen LogP contribution in [0.15, 0.2) is 24.5 Å². The van der Waals surface area contributed by atoms with Crippen LogP contribution in [0.5, 0.6) is 5.75 Å². The first-order valence-electron chi connectivity index (χ1n) is 5.08. The lowest BCUT2D eigenvalue weighted by molar-refractivity contribution is 0.412. The molecule has 0 unspecified atom stereocenters. The molecule has 3 heteroatoms. The van der Waals surface area contributed by atoms with Gasteiger partial charge in [0.1, 0.15) is 5.75 Å². The topological polar surface area (TPSA) is 34.2 Å². The molecular weight excluding hydrogens is 188 g/mol. The standard InChI is InChI=1S/C12H18N2O/c1-10(5-4-6-13-2)11-7-12(15-3)9-14-8-11/h5,7-9,13H,4,6H2,1-3H3/b10-5-. The third kappa shape index (κ3) is 3.72. The summed E-state index contributed by atoms with van der Waals surface area (Å²) in [7, 11) is 3.61. The molecule has 0 radical (unpaired) electrons. The Bertz CT molecular complexity index is 334. The van der Waals surface area contributed by atoms with Gasteiger partial charge in [0.15, 0.2) is 0 Å².